The van der Waals surface area contributed by atoms with Gasteiger partial charge in [0.2, 0.25) is 5.91 Å². The molecule has 2 aliphatic rings. The number of nitrogens with one attached hydrogen (secondary N) is 1. The van der Waals surface area contributed by atoms with Gasteiger partial charge in [-0.1, -0.05) is 12.1 Å². The van der Waals surface area contributed by atoms with Gasteiger partial charge in [-0.05, 0) is 43.0 Å². The molecule has 1 amide bonds. The van der Waals surface area contributed by atoms with Gasteiger partial charge in [-0.15, -0.1) is 0 Å². The maximum atomic E-state index is 12.9. The predicted octanol–water partition coefficient (Wildman–Crippen LogP) is 1.48. The number of carbonyl (C=O) groups excluding carboxylic acids is 2. The molecule has 0 bridgehead atoms. The van der Waals surface area contributed by atoms with E-state index in [2.05, 4.69) is 46.1 Å². The minimum absolute atomic E-state index is 0.0741. The van der Waals surface area contributed by atoms with E-state index in [1.165, 1.54) is 29.1 Å². The number of ether oxygens (including phenoxy) is 1. The highest BCUT2D eigenvalue weighted by molar-refractivity contribution is 5.88. The lowest BCUT2D eigenvalue weighted by molar-refractivity contribution is -0.141. The van der Waals surface area contributed by atoms with Crippen molar-refractivity contribution in [2.75, 3.05) is 34.3 Å². The molecule has 0 radical (unpaired) electrons. The molecule has 1 aliphatic heterocycles. The Hall–Kier alpha value is -2.38. The molecule has 29 heavy (non-hydrogen) atoms. The number of hydrogen-bond acceptors (Lipinski definition) is 5. The van der Waals surface area contributed by atoms with Crippen molar-refractivity contribution < 1.29 is 14.3 Å². The van der Waals surface area contributed by atoms with Crippen LogP contribution in [0.3, 0.4) is 0 Å². The van der Waals surface area contributed by atoms with Crippen LogP contribution in [0.2, 0.25) is 0 Å². The lowest BCUT2D eigenvalue weighted by Crippen LogP contribution is -2.55. The van der Waals surface area contributed by atoms with Gasteiger partial charge in [0.05, 0.1) is 19.6 Å². The Morgan fingerprint density at radius 2 is 2.21 bits per heavy atom. The highest BCUT2D eigenvalue weighted by atomic mass is 16.5. The Kier molecular flexibility index (Phi) is 5.36. The molecular formula is C22H30N4O3. The fraction of sp³-hybridized carbons (Fsp3) is 0.545. The highest BCUT2D eigenvalue weighted by Crippen LogP contribution is 2.44. The molecule has 2 aromatic rings. The van der Waals surface area contributed by atoms with Crippen molar-refractivity contribution in [3.63, 3.8) is 0 Å². The van der Waals surface area contributed by atoms with Crippen molar-refractivity contribution in [3.8, 4) is 0 Å². The molecule has 1 fully saturated rings. The SMILES string of the molecule is COC(=O)CCN(C)C(=O)C(N)[C@@H]1C[C@@H]2c3cccc4[nH]cc(c34)C[C@H]2N(C)C1. The first-order valence-corrected chi connectivity index (χ1v) is 10.3. The third-order valence-corrected chi connectivity index (χ3v) is 6.81. The summed E-state index contributed by atoms with van der Waals surface area (Å²) in [6, 6.07) is 6.31. The number of carbonyl (C=O) groups is 2. The number of nitrogens with zero attached hydrogens (tertiary/aromatic N) is 2. The van der Waals surface area contributed by atoms with Gasteiger partial charge in [0.25, 0.3) is 0 Å². The van der Waals surface area contributed by atoms with Gasteiger partial charge >= 0.3 is 5.97 Å². The van der Waals surface area contributed by atoms with Crippen LogP contribution in [0.5, 0.6) is 0 Å². The zero-order chi connectivity index (χ0) is 20.7. The molecule has 0 saturated carbocycles. The highest BCUT2D eigenvalue weighted by Gasteiger charge is 2.42. The molecule has 4 atom stereocenters. The fourth-order valence-electron chi connectivity index (χ4n) is 5.17. The first kappa shape index (κ1) is 19.9. The van der Waals surface area contributed by atoms with Crippen LogP contribution in [-0.4, -0.2) is 73.0 Å². The summed E-state index contributed by atoms with van der Waals surface area (Å²) in [6.45, 7) is 1.12. The molecular weight excluding hydrogens is 368 g/mol. The van der Waals surface area contributed by atoms with Crippen LogP contribution in [0.4, 0.5) is 0 Å². The van der Waals surface area contributed by atoms with Crippen LogP contribution in [0, 0.1) is 5.92 Å². The summed E-state index contributed by atoms with van der Waals surface area (Å²) in [5, 5.41) is 1.35. The molecule has 7 nitrogen and oxygen atoms in total. The molecule has 0 spiro atoms. The minimum atomic E-state index is -0.576. The topological polar surface area (TPSA) is 91.7 Å². The molecule has 1 saturated heterocycles. The number of H-pyrrole nitrogens is 1. The van der Waals surface area contributed by atoms with Crippen LogP contribution in [-0.2, 0) is 20.7 Å². The Bertz CT molecular complexity index is 924. The summed E-state index contributed by atoms with van der Waals surface area (Å²) >= 11 is 0. The van der Waals surface area contributed by atoms with Crippen molar-refractivity contribution in [2.45, 2.75) is 37.3 Å². The number of amides is 1. The molecule has 156 valence electrons. The van der Waals surface area contributed by atoms with Gasteiger partial charge in [-0.2, -0.15) is 0 Å². The van der Waals surface area contributed by atoms with E-state index in [0.29, 0.717) is 18.5 Å². The zero-order valence-corrected chi connectivity index (χ0v) is 17.4. The normalized spacial score (nSPS) is 24.8. The minimum Gasteiger partial charge on any atom is -0.469 e. The van der Waals surface area contributed by atoms with Gasteiger partial charge in [0.1, 0.15) is 0 Å². The second kappa shape index (κ2) is 7.80. The Balaban J connectivity index is 1.51. The predicted molar refractivity (Wildman–Crippen MR) is 112 cm³/mol. The Morgan fingerprint density at radius 1 is 1.41 bits per heavy atom. The van der Waals surface area contributed by atoms with Gasteiger partial charge in [0, 0.05) is 49.2 Å². The third kappa shape index (κ3) is 3.53. The molecule has 2 heterocycles. The number of aromatic amines is 1. The number of methoxy groups -OCH3 is 1. The summed E-state index contributed by atoms with van der Waals surface area (Å²) in [4.78, 5) is 31.6. The number of rotatable bonds is 5. The van der Waals surface area contributed by atoms with Crippen molar-refractivity contribution in [2.24, 2.45) is 11.7 Å². The molecule has 4 rings (SSSR count). The van der Waals surface area contributed by atoms with E-state index in [-0.39, 0.29) is 24.2 Å². The molecule has 1 aromatic heterocycles. The van der Waals surface area contributed by atoms with Crippen LogP contribution < -0.4 is 5.73 Å². The van der Waals surface area contributed by atoms with E-state index in [9.17, 15) is 9.59 Å². The monoisotopic (exact) mass is 398 g/mol. The molecule has 1 aromatic carbocycles. The molecule has 3 N–H and O–H groups in total. The van der Waals surface area contributed by atoms with Gasteiger partial charge < -0.3 is 25.3 Å². The lowest BCUT2D eigenvalue weighted by Gasteiger charge is -2.47. The number of likely N-dealkylation sites (N-methyl/N-ethyl adjacent to an activating group) is 2. The number of aromatic nitrogens is 1. The van der Waals surface area contributed by atoms with E-state index < -0.39 is 6.04 Å². The summed E-state index contributed by atoms with van der Waals surface area (Å²) < 4.78 is 4.66. The molecule has 7 heteroatoms. The van der Waals surface area contributed by atoms with Gasteiger partial charge in [-0.25, -0.2) is 0 Å². The van der Waals surface area contributed by atoms with E-state index in [0.717, 1.165) is 19.4 Å². The first-order valence-electron chi connectivity index (χ1n) is 10.3. The quantitative estimate of drug-likeness (QED) is 0.745. The van der Waals surface area contributed by atoms with Crippen molar-refractivity contribution in [3.05, 3.63) is 35.5 Å². The standard InChI is InChI=1S/C22H30N4O3/c1-25(8-7-19(27)29-3)22(28)21(23)14-9-16-15-5-4-6-17-20(15)13(11-24-17)10-18(16)26(2)12-14/h4-6,11,14,16,18,21,24H,7-10,12,23H2,1-3H3/t14-,16-,18-,21?/m1/s1. The van der Waals surface area contributed by atoms with Crippen LogP contribution in [0.15, 0.2) is 24.4 Å². The number of nitrogens with two attached hydrogens (primary N) is 1. The van der Waals surface area contributed by atoms with E-state index in [4.69, 9.17) is 5.73 Å². The summed E-state index contributed by atoms with van der Waals surface area (Å²) in [5.74, 6) is 0.00762. The Labute approximate surface area is 171 Å². The third-order valence-electron chi connectivity index (χ3n) is 6.81. The second-order valence-corrected chi connectivity index (χ2v) is 8.51. The number of esters is 1. The lowest BCUT2D eigenvalue weighted by atomic mass is 9.71. The smallest absolute Gasteiger partial charge is 0.307 e. The summed E-state index contributed by atoms with van der Waals surface area (Å²) in [6.07, 6.45) is 4.23. The van der Waals surface area contributed by atoms with E-state index >= 15 is 0 Å². The Morgan fingerprint density at radius 3 is 2.97 bits per heavy atom. The van der Waals surface area contributed by atoms with Gasteiger partial charge in [-0.3, -0.25) is 9.59 Å². The van der Waals surface area contributed by atoms with E-state index in [1.54, 1.807) is 11.9 Å². The number of benzene rings is 1. The van der Waals surface area contributed by atoms with Crippen molar-refractivity contribution in [1.29, 1.82) is 0 Å². The van der Waals surface area contributed by atoms with Gasteiger partial charge in [0.15, 0.2) is 0 Å². The van der Waals surface area contributed by atoms with Crippen LogP contribution in [0.25, 0.3) is 10.9 Å². The van der Waals surface area contributed by atoms with Crippen LogP contribution in [0.1, 0.15) is 29.9 Å². The average molecular weight is 399 g/mol. The maximum Gasteiger partial charge on any atom is 0.307 e. The average Bonchev–Trinajstić information content (AvgIpc) is 3.15. The maximum absolute atomic E-state index is 12.9. The largest absolute Gasteiger partial charge is 0.469 e. The molecule has 1 unspecified atom stereocenters. The number of likely N-dealkylation sites (tertiary alicyclic amines) is 1. The molecule has 1 aliphatic carbocycles. The zero-order valence-electron chi connectivity index (χ0n) is 17.4. The fourth-order valence-corrected chi connectivity index (χ4v) is 5.17. The number of hydrogen-bond donors (Lipinski definition) is 2. The number of piperidine rings is 1. The number of fused-ring (bicyclic) bond motifs is 2. The summed E-state index contributed by atoms with van der Waals surface area (Å²) in [5.41, 5.74) is 10.4. The van der Waals surface area contributed by atoms with Crippen molar-refractivity contribution >= 4 is 22.8 Å². The van der Waals surface area contributed by atoms with E-state index in [1.807, 2.05) is 0 Å². The van der Waals surface area contributed by atoms with Crippen molar-refractivity contribution in [1.82, 2.24) is 14.8 Å². The summed E-state index contributed by atoms with van der Waals surface area (Å²) in [7, 11) is 5.19. The van der Waals surface area contributed by atoms with Crippen LogP contribution >= 0.6 is 0 Å². The second-order valence-electron chi connectivity index (χ2n) is 8.51. The first-order chi connectivity index (χ1) is 13.9.